The van der Waals surface area contributed by atoms with Gasteiger partial charge in [-0.25, -0.2) is 0 Å². The van der Waals surface area contributed by atoms with Gasteiger partial charge in [0.05, 0.1) is 0 Å². The monoisotopic (exact) mass is 274 g/mol. The number of hydrogen-bond donors (Lipinski definition) is 2. The lowest BCUT2D eigenvalue weighted by Crippen LogP contribution is -2.30. The van der Waals surface area contributed by atoms with Gasteiger partial charge in [0.2, 0.25) is 5.91 Å². The molecule has 0 saturated heterocycles. The maximum atomic E-state index is 12.5. The fourth-order valence-corrected chi connectivity index (χ4v) is 3.16. The number of anilines is 1. The van der Waals surface area contributed by atoms with Gasteiger partial charge in [-0.3, -0.25) is 4.79 Å². The molecule has 0 aromatic heterocycles. The molecule has 2 atom stereocenters. The number of benzene rings is 1. The van der Waals surface area contributed by atoms with E-state index in [2.05, 4.69) is 37.4 Å². The zero-order valence-electron chi connectivity index (χ0n) is 12.6. The van der Waals surface area contributed by atoms with E-state index in [0.29, 0.717) is 12.5 Å². The molecule has 1 amide bonds. The number of aryl methyl sites for hydroxylation is 2. The Kier molecular flexibility index (Phi) is 5.18. The van der Waals surface area contributed by atoms with Gasteiger partial charge in [-0.2, -0.15) is 0 Å². The van der Waals surface area contributed by atoms with Crippen LogP contribution < -0.4 is 11.1 Å². The molecule has 1 fully saturated rings. The first kappa shape index (κ1) is 15.0. The van der Waals surface area contributed by atoms with Gasteiger partial charge in [0.25, 0.3) is 0 Å². The van der Waals surface area contributed by atoms with E-state index in [9.17, 15) is 4.79 Å². The molecule has 0 aliphatic heterocycles. The predicted octanol–water partition coefficient (Wildman–Crippen LogP) is 3.12. The van der Waals surface area contributed by atoms with Gasteiger partial charge in [-0.1, -0.05) is 32.4 Å². The van der Waals surface area contributed by atoms with Crippen molar-refractivity contribution in [3.05, 3.63) is 29.3 Å². The molecular formula is C17H26N2O. The van der Waals surface area contributed by atoms with Gasteiger partial charge in [-0.15, -0.1) is 0 Å². The van der Waals surface area contributed by atoms with Gasteiger partial charge in [-0.05, 0) is 55.3 Å². The zero-order chi connectivity index (χ0) is 14.5. The third-order valence-corrected chi connectivity index (χ3v) is 4.52. The Morgan fingerprint density at radius 2 is 2.10 bits per heavy atom. The standard InChI is InChI=1S/C17H26N2O/c1-3-12-8-9-13(4-2)16(10-12)19-17(20)15-7-5-6-14(15)11-18/h8-10,14-15H,3-7,11,18H2,1-2H3,(H,19,20)/t14-,15-/m1/s1. The highest BCUT2D eigenvalue weighted by atomic mass is 16.1. The van der Waals surface area contributed by atoms with E-state index in [1.165, 1.54) is 11.1 Å². The third kappa shape index (κ3) is 3.21. The number of carbonyl (C=O) groups excluding carboxylic acids is 1. The van der Waals surface area contributed by atoms with Crippen molar-refractivity contribution in [3.63, 3.8) is 0 Å². The average molecular weight is 274 g/mol. The highest BCUT2D eigenvalue weighted by Crippen LogP contribution is 2.32. The molecule has 110 valence electrons. The Labute approximate surface area is 121 Å². The van der Waals surface area contributed by atoms with Crippen LogP contribution in [0.5, 0.6) is 0 Å². The van der Waals surface area contributed by atoms with Crippen molar-refractivity contribution in [1.29, 1.82) is 0 Å². The van der Waals surface area contributed by atoms with E-state index in [4.69, 9.17) is 5.73 Å². The van der Waals surface area contributed by atoms with Crippen LogP contribution in [0.25, 0.3) is 0 Å². The highest BCUT2D eigenvalue weighted by Gasteiger charge is 2.32. The predicted molar refractivity (Wildman–Crippen MR) is 83.7 cm³/mol. The summed E-state index contributed by atoms with van der Waals surface area (Å²) >= 11 is 0. The molecule has 1 saturated carbocycles. The lowest BCUT2D eigenvalue weighted by molar-refractivity contribution is -0.120. The third-order valence-electron chi connectivity index (χ3n) is 4.52. The maximum absolute atomic E-state index is 12.5. The summed E-state index contributed by atoms with van der Waals surface area (Å²) in [6.07, 6.45) is 5.11. The quantitative estimate of drug-likeness (QED) is 0.866. The number of nitrogens with one attached hydrogen (secondary N) is 1. The molecule has 0 unspecified atom stereocenters. The number of amides is 1. The topological polar surface area (TPSA) is 55.1 Å². The zero-order valence-corrected chi connectivity index (χ0v) is 12.6. The molecule has 3 heteroatoms. The van der Waals surface area contributed by atoms with Crippen molar-refractivity contribution in [3.8, 4) is 0 Å². The minimum atomic E-state index is 0.0926. The van der Waals surface area contributed by atoms with Gasteiger partial charge in [0.15, 0.2) is 0 Å². The second-order valence-electron chi connectivity index (χ2n) is 5.72. The van der Waals surface area contributed by atoms with Crippen molar-refractivity contribution in [2.75, 3.05) is 11.9 Å². The average Bonchev–Trinajstić information content (AvgIpc) is 2.95. The summed E-state index contributed by atoms with van der Waals surface area (Å²) < 4.78 is 0. The second-order valence-corrected chi connectivity index (χ2v) is 5.72. The first-order chi connectivity index (χ1) is 9.69. The first-order valence-electron chi connectivity index (χ1n) is 7.82. The molecule has 0 spiro atoms. The normalized spacial score (nSPS) is 21.9. The molecule has 2 rings (SSSR count). The van der Waals surface area contributed by atoms with E-state index in [1.54, 1.807) is 0 Å². The van der Waals surface area contributed by atoms with Crippen LogP contribution in [0.4, 0.5) is 5.69 Å². The second kappa shape index (κ2) is 6.89. The van der Waals surface area contributed by atoms with Crippen LogP contribution in [0.15, 0.2) is 18.2 Å². The van der Waals surface area contributed by atoms with Gasteiger partial charge in [0, 0.05) is 11.6 Å². The Balaban J connectivity index is 2.14. The number of carbonyl (C=O) groups is 1. The summed E-state index contributed by atoms with van der Waals surface area (Å²) in [7, 11) is 0. The molecule has 3 nitrogen and oxygen atoms in total. The van der Waals surface area contributed by atoms with Crippen molar-refractivity contribution in [1.82, 2.24) is 0 Å². The van der Waals surface area contributed by atoms with Crippen LogP contribution in [0.2, 0.25) is 0 Å². The summed E-state index contributed by atoms with van der Waals surface area (Å²) in [4.78, 5) is 12.5. The van der Waals surface area contributed by atoms with Crippen LogP contribution >= 0.6 is 0 Å². The van der Waals surface area contributed by atoms with Crippen molar-refractivity contribution >= 4 is 11.6 Å². The molecular weight excluding hydrogens is 248 g/mol. The van der Waals surface area contributed by atoms with Crippen molar-refractivity contribution in [2.24, 2.45) is 17.6 Å². The molecule has 1 aliphatic carbocycles. The summed E-state index contributed by atoms with van der Waals surface area (Å²) in [5.74, 6) is 0.602. The molecule has 20 heavy (non-hydrogen) atoms. The van der Waals surface area contributed by atoms with E-state index in [1.807, 2.05) is 0 Å². The fraction of sp³-hybridized carbons (Fsp3) is 0.588. The van der Waals surface area contributed by atoms with Gasteiger partial charge >= 0.3 is 0 Å². The van der Waals surface area contributed by atoms with Crippen LogP contribution in [0.1, 0.15) is 44.2 Å². The molecule has 3 N–H and O–H groups in total. The maximum Gasteiger partial charge on any atom is 0.227 e. The van der Waals surface area contributed by atoms with E-state index in [-0.39, 0.29) is 11.8 Å². The summed E-state index contributed by atoms with van der Waals surface area (Å²) in [6, 6.07) is 6.39. The van der Waals surface area contributed by atoms with Crippen LogP contribution in [-0.4, -0.2) is 12.5 Å². The number of rotatable bonds is 5. The fourth-order valence-electron chi connectivity index (χ4n) is 3.16. The highest BCUT2D eigenvalue weighted by molar-refractivity contribution is 5.93. The van der Waals surface area contributed by atoms with Crippen molar-refractivity contribution < 1.29 is 4.79 Å². The molecule has 1 aromatic carbocycles. The van der Waals surface area contributed by atoms with Crippen LogP contribution in [0, 0.1) is 11.8 Å². The summed E-state index contributed by atoms with van der Waals surface area (Å²) in [6.45, 7) is 4.87. The first-order valence-corrected chi connectivity index (χ1v) is 7.82. The molecule has 1 aromatic rings. The molecule has 0 bridgehead atoms. The number of nitrogens with two attached hydrogens (primary N) is 1. The lowest BCUT2D eigenvalue weighted by Gasteiger charge is -2.19. The van der Waals surface area contributed by atoms with Crippen molar-refractivity contribution in [2.45, 2.75) is 46.0 Å². The summed E-state index contributed by atoms with van der Waals surface area (Å²) in [5, 5.41) is 3.15. The molecule has 0 heterocycles. The van der Waals surface area contributed by atoms with Crippen LogP contribution in [0.3, 0.4) is 0 Å². The molecule has 0 radical (unpaired) electrons. The van der Waals surface area contributed by atoms with E-state index < -0.39 is 0 Å². The largest absolute Gasteiger partial charge is 0.330 e. The lowest BCUT2D eigenvalue weighted by atomic mass is 9.95. The van der Waals surface area contributed by atoms with Gasteiger partial charge < -0.3 is 11.1 Å². The van der Waals surface area contributed by atoms with Crippen LogP contribution in [-0.2, 0) is 17.6 Å². The Bertz CT molecular complexity index is 470. The summed E-state index contributed by atoms with van der Waals surface area (Å²) in [5.41, 5.74) is 9.23. The van der Waals surface area contributed by atoms with E-state index >= 15 is 0 Å². The SMILES string of the molecule is CCc1ccc(CC)c(NC(=O)[C@@H]2CCC[C@@H]2CN)c1. The Morgan fingerprint density at radius 3 is 2.75 bits per heavy atom. The van der Waals surface area contributed by atoms with E-state index in [0.717, 1.165) is 37.8 Å². The Hall–Kier alpha value is -1.35. The minimum absolute atomic E-state index is 0.0926. The minimum Gasteiger partial charge on any atom is -0.330 e. The number of hydrogen-bond acceptors (Lipinski definition) is 2. The van der Waals surface area contributed by atoms with Gasteiger partial charge in [0.1, 0.15) is 0 Å². The Morgan fingerprint density at radius 1 is 1.30 bits per heavy atom. The molecule has 1 aliphatic rings. The smallest absolute Gasteiger partial charge is 0.227 e.